The molecule has 2 aromatic rings. The highest BCUT2D eigenvalue weighted by Gasteiger charge is 2.13. The monoisotopic (exact) mass is 326 g/mol. The first-order chi connectivity index (χ1) is 11.8. The quantitative estimate of drug-likeness (QED) is 0.750. The second-order valence-electron chi connectivity index (χ2n) is 6.18. The number of nitrogens with zero attached hydrogens (tertiary/aromatic N) is 2. The first kappa shape index (κ1) is 16.6. The van der Waals surface area contributed by atoms with Gasteiger partial charge in [-0.05, 0) is 50.1 Å². The van der Waals surface area contributed by atoms with Crippen molar-refractivity contribution in [3.05, 3.63) is 36.5 Å². The van der Waals surface area contributed by atoms with Crippen LogP contribution in [0.3, 0.4) is 0 Å². The molecule has 5 heteroatoms. The summed E-state index contributed by atoms with van der Waals surface area (Å²) in [6.07, 6.45) is 9.49. The average molecular weight is 326 g/mol. The minimum atomic E-state index is 0.494. The summed E-state index contributed by atoms with van der Waals surface area (Å²) in [5.41, 5.74) is 0.984. The lowest BCUT2D eigenvalue weighted by atomic mass is 10.1. The Balaban J connectivity index is 1.61. The summed E-state index contributed by atoms with van der Waals surface area (Å²) in [6.45, 7) is 2.66. The molecule has 0 bridgehead atoms. The minimum Gasteiger partial charge on any atom is -0.494 e. The van der Waals surface area contributed by atoms with E-state index in [2.05, 4.69) is 20.6 Å². The molecule has 1 fully saturated rings. The van der Waals surface area contributed by atoms with Crippen molar-refractivity contribution in [1.29, 1.82) is 0 Å². The fourth-order valence-corrected chi connectivity index (χ4v) is 3.05. The number of hydrogen-bond donors (Lipinski definition) is 2. The Morgan fingerprint density at radius 2 is 1.79 bits per heavy atom. The molecule has 3 rings (SSSR count). The van der Waals surface area contributed by atoms with E-state index in [0.29, 0.717) is 18.6 Å². The Morgan fingerprint density at radius 1 is 1.04 bits per heavy atom. The molecule has 24 heavy (non-hydrogen) atoms. The molecular weight excluding hydrogens is 300 g/mol. The normalized spacial score (nSPS) is 15.5. The van der Waals surface area contributed by atoms with Gasteiger partial charge < -0.3 is 15.4 Å². The van der Waals surface area contributed by atoms with Gasteiger partial charge in [-0.2, -0.15) is 4.98 Å². The predicted octanol–water partition coefficient (Wildman–Crippen LogP) is 4.75. The molecule has 1 aromatic heterocycles. The maximum absolute atomic E-state index is 5.46. The third-order valence-corrected chi connectivity index (χ3v) is 4.28. The first-order valence-electron chi connectivity index (χ1n) is 8.93. The minimum absolute atomic E-state index is 0.494. The van der Waals surface area contributed by atoms with Crippen molar-refractivity contribution < 1.29 is 4.74 Å². The van der Waals surface area contributed by atoms with Crippen LogP contribution in [0.2, 0.25) is 0 Å². The van der Waals surface area contributed by atoms with E-state index >= 15 is 0 Å². The molecule has 1 heterocycles. The van der Waals surface area contributed by atoms with E-state index < -0.39 is 0 Å². The van der Waals surface area contributed by atoms with Gasteiger partial charge in [0.25, 0.3) is 0 Å². The summed E-state index contributed by atoms with van der Waals surface area (Å²) in [5, 5.41) is 6.81. The summed E-state index contributed by atoms with van der Waals surface area (Å²) < 4.78 is 5.46. The fourth-order valence-electron chi connectivity index (χ4n) is 3.05. The van der Waals surface area contributed by atoms with Crippen LogP contribution in [0.4, 0.5) is 17.5 Å². The highest BCUT2D eigenvalue weighted by Crippen LogP contribution is 2.22. The number of anilines is 3. The van der Waals surface area contributed by atoms with Crippen LogP contribution in [0.25, 0.3) is 0 Å². The van der Waals surface area contributed by atoms with Gasteiger partial charge in [0.15, 0.2) is 0 Å². The molecule has 0 atom stereocenters. The van der Waals surface area contributed by atoms with Gasteiger partial charge in [-0.1, -0.05) is 25.7 Å². The van der Waals surface area contributed by atoms with E-state index in [1.165, 1.54) is 38.5 Å². The number of aromatic nitrogens is 2. The van der Waals surface area contributed by atoms with E-state index in [4.69, 9.17) is 4.74 Å². The zero-order valence-corrected chi connectivity index (χ0v) is 14.3. The van der Waals surface area contributed by atoms with Crippen LogP contribution in [0, 0.1) is 0 Å². The second kappa shape index (κ2) is 8.52. The van der Waals surface area contributed by atoms with Gasteiger partial charge in [-0.3, -0.25) is 0 Å². The Labute approximate surface area is 143 Å². The Kier molecular flexibility index (Phi) is 5.88. The second-order valence-corrected chi connectivity index (χ2v) is 6.18. The SMILES string of the molecule is CCOc1ccc(Nc2ccnc(NC3CCCCCC3)n2)cc1. The van der Waals surface area contributed by atoms with E-state index in [-0.39, 0.29) is 0 Å². The number of hydrogen-bond acceptors (Lipinski definition) is 5. The highest BCUT2D eigenvalue weighted by atomic mass is 16.5. The van der Waals surface area contributed by atoms with E-state index in [1.54, 1.807) is 6.20 Å². The van der Waals surface area contributed by atoms with Crippen molar-refractivity contribution in [3.8, 4) is 5.75 Å². The topological polar surface area (TPSA) is 59.1 Å². The molecular formula is C19H26N4O. The highest BCUT2D eigenvalue weighted by molar-refractivity contribution is 5.57. The number of ether oxygens (including phenoxy) is 1. The predicted molar refractivity (Wildman–Crippen MR) is 98.0 cm³/mol. The molecule has 1 aliphatic carbocycles. The Bertz CT molecular complexity index is 622. The van der Waals surface area contributed by atoms with Crippen LogP contribution in [0.15, 0.2) is 36.5 Å². The van der Waals surface area contributed by atoms with Gasteiger partial charge in [0.1, 0.15) is 11.6 Å². The molecule has 0 radical (unpaired) electrons. The molecule has 0 amide bonds. The average Bonchev–Trinajstić information content (AvgIpc) is 2.86. The molecule has 1 saturated carbocycles. The van der Waals surface area contributed by atoms with Crippen LogP contribution in [0.5, 0.6) is 5.75 Å². The smallest absolute Gasteiger partial charge is 0.224 e. The number of benzene rings is 1. The maximum atomic E-state index is 5.46. The Morgan fingerprint density at radius 3 is 2.50 bits per heavy atom. The van der Waals surface area contributed by atoms with Crippen molar-refractivity contribution in [2.75, 3.05) is 17.2 Å². The third kappa shape index (κ3) is 4.85. The lowest BCUT2D eigenvalue weighted by Gasteiger charge is -2.16. The summed E-state index contributed by atoms with van der Waals surface area (Å²) in [6, 6.07) is 10.3. The molecule has 128 valence electrons. The van der Waals surface area contributed by atoms with Crippen molar-refractivity contribution in [2.45, 2.75) is 51.5 Å². The first-order valence-corrected chi connectivity index (χ1v) is 8.93. The van der Waals surface area contributed by atoms with E-state index in [0.717, 1.165) is 17.3 Å². The molecule has 0 aliphatic heterocycles. The standard InChI is InChI=1S/C19H26N4O/c1-2-24-17-11-9-16(10-12-17)21-18-13-14-20-19(23-18)22-15-7-5-3-4-6-8-15/h9-15H,2-8H2,1H3,(H2,20,21,22,23). The molecule has 2 N–H and O–H groups in total. The van der Waals surface area contributed by atoms with Crippen LogP contribution < -0.4 is 15.4 Å². The van der Waals surface area contributed by atoms with Gasteiger partial charge in [0.2, 0.25) is 5.95 Å². The summed E-state index contributed by atoms with van der Waals surface area (Å²) >= 11 is 0. The van der Waals surface area contributed by atoms with Gasteiger partial charge in [-0.25, -0.2) is 4.98 Å². The third-order valence-electron chi connectivity index (χ3n) is 4.28. The number of rotatable bonds is 6. The van der Waals surface area contributed by atoms with Crippen LogP contribution in [0.1, 0.15) is 45.4 Å². The van der Waals surface area contributed by atoms with Crippen LogP contribution in [-0.2, 0) is 0 Å². The van der Waals surface area contributed by atoms with E-state index in [9.17, 15) is 0 Å². The fraction of sp³-hybridized carbons (Fsp3) is 0.474. The molecule has 1 aliphatic rings. The van der Waals surface area contributed by atoms with Gasteiger partial charge in [-0.15, -0.1) is 0 Å². The van der Waals surface area contributed by atoms with E-state index in [1.807, 2.05) is 37.3 Å². The van der Waals surface area contributed by atoms with Crippen molar-refractivity contribution in [2.24, 2.45) is 0 Å². The number of nitrogens with one attached hydrogen (secondary N) is 2. The van der Waals surface area contributed by atoms with Crippen molar-refractivity contribution >= 4 is 17.5 Å². The summed E-state index contributed by atoms with van der Waals surface area (Å²) in [7, 11) is 0. The van der Waals surface area contributed by atoms with Gasteiger partial charge in [0.05, 0.1) is 6.61 Å². The van der Waals surface area contributed by atoms with Crippen molar-refractivity contribution in [1.82, 2.24) is 9.97 Å². The molecule has 0 unspecified atom stereocenters. The zero-order valence-electron chi connectivity index (χ0n) is 14.3. The summed E-state index contributed by atoms with van der Waals surface area (Å²) in [4.78, 5) is 8.95. The lowest BCUT2D eigenvalue weighted by Crippen LogP contribution is -2.20. The molecule has 0 spiro atoms. The summed E-state index contributed by atoms with van der Waals surface area (Å²) in [5.74, 6) is 2.38. The van der Waals surface area contributed by atoms with Gasteiger partial charge >= 0.3 is 0 Å². The largest absolute Gasteiger partial charge is 0.494 e. The van der Waals surface area contributed by atoms with Crippen LogP contribution >= 0.6 is 0 Å². The zero-order chi connectivity index (χ0) is 16.6. The van der Waals surface area contributed by atoms with Crippen molar-refractivity contribution in [3.63, 3.8) is 0 Å². The van der Waals surface area contributed by atoms with Crippen LogP contribution in [-0.4, -0.2) is 22.6 Å². The molecule has 0 saturated heterocycles. The lowest BCUT2D eigenvalue weighted by molar-refractivity contribution is 0.340. The Hall–Kier alpha value is -2.30. The maximum Gasteiger partial charge on any atom is 0.224 e. The molecule has 1 aromatic carbocycles. The molecule has 5 nitrogen and oxygen atoms in total. The van der Waals surface area contributed by atoms with Gasteiger partial charge in [0, 0.05) is 17.9 Å².